The fourth-order valence-electron chi connectivity index (χ4n) is 1.94. The topological polar surface area (TPSA) is 60.0 Å². The monoisotopic (exact) mass is 285 g/mol. The molecule has 1 aliphatic rings. The van der Waals surface area contributed by atoms with E-state index in [-0.39, 0.29) is 0 Å². The van der Waals surface area contributed by atoms with Gasteiger partial charge in [0.05, 0.1) is 18.2 Å². The third-order valence-electron chi connectivity index (χ3n) is 2.69. The van der Waals surface area contributed by atoms with Crippen molar-refractivity contribution >= 4 is 23.2 Å². The van der Waals surface area contributed by atoms with E-state index in [9.17, 15) is 0 Å². The molecule has 7 heteroatoms. The molecule has 0 amide bonds. The van der Waals surface area contributed by atoms with Crippen LogP contribution in [0.2, 0.25) is 10.0 Å². The third kappa shape index (κ3) is 1.80. The molecule has 0 saturated carbocycles. The normalized spacial score (nSPS) is 18.1. The maximum absolute atomic E-state index is 6.21. The Bertz CT molecular complexity index is 553. The van der Waals surface area contributed by atoms with Crippen LogP contribution in [-0.2, 0) is 15.3 Å². The Balaban J connectivity index is 2.15. The molecule has 0 radical (unpaired) electrons. The summed E-state index contributed by atoms with van der Waals surface area (Å²) in [6.07, 6.45) is 1.46. The first kappa shape index (κ1) is 11.9. The van der Waals surface area contributed by atoms with Crippen LogP contribution in [0.15, 0.2) is 24.5 Å². The van der Waals surface area contributed by atoms with Crippen LogP contribution < -0.4 is 0 Å². The average Bonchev–Trinajstić information content (AvgIpc) is 3.00. The lowest BCUT2D eigenvalue weighted by molar-refractivity contribution is -0.136. The van der Waals surface area contributed by atoms with Crippen LogP contribution in [0.1, 0.15) is 11.4 Å². The molecule has 1 aromatic heterocycles. The van der Waals surface area contributed by atoms with Crippen molar-refractivity contribution in [3.63, 3.8) is 0 Å². The van der Waals surface area contributed by atoms with Crippen molar-refractivity contribution in [2.45, 2.75) is 5.79 Å². The van der Waals surface area contributed by atoms with Crippen LogP contribution >= 0.6 is 23.2 Å². The van der Waals surface area contributed by atoms with E-state index in [0.29, 0.717) is 34.6 Å². The molecule has 3 rings (SSSR count). The Morgan fingerprint density at radius 2 is 2.00 bits per heavy atom. The lowest BCUT2D eigenvalue weighted by Gasteiger charge is -2.25. The van der Waals surface area contributed by atoms with Gasteiger partial charge in [0.2, 0.25) is 5.82 Å². The van der Waals surface area contributed by atoms with Gasteiger partial charge in [-0.3, -0.25) is 5.10 Å². The SMILES string of the molecule is Clc1ccc(C2(c3nc[nH]n3)OCCO2)c(Cl)c1. The highest BCUT2D eigenvalue weighted by molar-refractivity contribution is 6.35. The van der Waals surface area contributed by atoms with Crippen molar-refractivity contribution in [3.8, 4) is 0 Å². The predicted molar refractivity (Wildman–Crippen MR) is 65.5 cm³/mol. The maximum Gasteiger partial charge on any atom is 0.261 e. The number of rotatable bonds is 2. The van der Waals surface area contributed by atoms with Crippen molar-refractivity contribution in [2.24, 2.45) is 0 Å². The summed E-state index contributed by atoms with van der Waals surface area (Å²) in [6, 6.07) is 5.12. The van der Waals surface area contributed by atoms with Gasteiger partial charge in [0, 0.05) is 10.6 Å². The van der Waals surface area contributed by atoms with E-state index in [2.05, 4.69) is 15.2 Å². The molecule has 1 N–H and O–H groups in total. The number of H-pyrrole nitrogens is 1. The molecule has 1 aliphatic heterocycles. The van der Waals surface area contributed by atoms with E-state index in [0.717, 1.165) is 0 Å². The summed E-state index contributed by atoms with van der Waals surface area (Å²) in [7, 11) is 0. The average molecular weight is 286 g/mol. The summed E-state index contributed by atoms with van der Waals surface area (Å²) < 4.78 is 11.4. The third-order valence-corrected chi connectivity index (χ3v) is 3.24. The summed E-state index contributed by atoms with van der Waals surface area (Å²) in [5, 5.41) is 7.68. The summed E-state index contributed by atoms with van der Waals surface area (Å²) >= 11 is 12.1. The van der Waals surface area contributed by atoms with E-state index in [1.54, 1.807) is 18.2 Å². The molecule has 0 bridgehead atoms. The fourth-order valence-corrected chi connectivity index (χ4v) is 2.47. The fraction of sp³-hybridized carbons (Fsp3) is 0.273. The van der Waals surface area contributed by atoms with Gasteiger partial charge in [-0.05, 0) is 12.1 Å². The molecule has 1 aromatic carbocycles. The van der Waals surface area contributed by atoms with E-state index in [4.69, 9.17) is 32.7 Å². The first-order chi connectivity index (χ1) is 8.72. The van der Waals surface area contributed by atoms with Gasteiger partial charge in [-0.15, -0.1) is 0 Å². The number of hydrogen-bond donors (Lipinski definition) is 1. The quantitative estimate of drug-likeness (QED) is 0.920. The Morgan fingerprint density at radius 3 is 2.61 bits per heavy atom. The molecule has 0 aliphatic carbocycles. The van der Waals surface area contributed by atoms with E-state index >= 15 is 0 Å². The van der Waals surface area contributed by atoms with E-state index in [1.165, 1.54) is 6.33 Å². The lowest BCUT2D eigenvalue weighted by Crippen LogP contribution is -2.30. The van der Waals surface area contributed by atoms with Crippen molar-refractivity contribution < 1.29 is 9.47 Å². The van der Waals surface area contributed by atoms with Gasteiger partial charge >= 0.3 is 0 Å². The van der Waals surface area contributed by atoms with Gasteiger partial charge in [0.1, 0.15) is 6.33 Å². The zero-order valence-electron chi connectivity index (χ0n) is 9.19. The number of hydrogen-bond acceptors (Lipinski definition) is 4. The van der Waals surface area contributed by atoms with Gasteiger partial charge in [-0.1, -0.05) is 29.3 Å². The Morgan fingerprint density at radius 1 is 1.22 bits per heavy atom. The smallest absolute Gasteiger partial charge is 0.261 e. The first-order valence-electron chi connectivity index (χ1n) is 5.32. The van der Waals surface area contributed by atoms with Gasteiger partial charge < -0.3 is 9.47 Å². The Labute approximate surface area is 113 Å². The molecule has 94 valence electrons. The lowest BCUT2D eigenvalue weighted by atomic mass is 10.1. The molecular formula is C11H9Cl2N3O2. The largest absolute Gasteiger partial charge is 0.337 e. The highest BCUT2D eigenvalue weighted by Gasteiger charge is 2.45. The van der Waals surface area contributed by atoms with Crippen LogP contribution in [0.4, 0.5) is 0 Å². The predicted octanol–water partition coefficient (Wildman–Crippen LogP) is 2.36. The minimum absolute atomic E-state index is 0.393. The second kappa shape index (κ2) is 4.51. The second-order valence-electron chi connectivity index (χ2n) is 3.76. The number of nitrogens with zero attached hydrogens (tertiary/aromatic N) is 2. The van der Waals surface area contributed by atoms with Crippen LogP contribution in [0.25, 0.3) is 0 Å². The molecule has 1 saturated heterocycles. The highest BCUT2D eigenvalue weighted by Crippen LogP contribution is 2.40. The van der Waals surface area contributed by atoms with Crippen LogP contribution in [-0.4, -0.2) is 28.4 Å². The molecular weight excluding hydrogens is 277 g/mol. The Hall–Kier alpha value is -1.14. The minimum atomic E-state index is -1.15. The zero-order chi connectivity index (χ0) is 12.6. The summed E-state index contributed by atoms with van der Waals surface area (Å²) in [4.78, 5) is 4.10. The molecule has 0 atom stereocenters. The number of nitrogens with one attached hydrogen (secondary N) is 1. The standard InChI is InChI=1S/C11H9Cl2N3O2/c12-7-1-2-8(9(13)5-7)11(17-3-4-18-11)10-14-6-15-16-10/h1-2,5-6H,3-4H2,(H,14,15,16). The number of halogens is 2. The molecule has 0 spiro atoms. The van der Waals surface area contributed by atoms with Crippen LogP contribution in [0, 0.1) is 0 Å². The number of aromatic amines is 1. The summed E-state index contributed by atoms with van der Waals surface area (Å²) in [6.45, 7) is 0.904. The van der Waals surface area contributed by atoms with Crippen molar-refractivity contribution in [2.75, 3.05) is 13.2 Å². The van der Waals surface area contributed by atoms with Gasteiger partial charge in [-0.25, -0.2) is 4.98 Å². The van der Waals surface area contributed by atoms with Crippen LogP contribution in [0.5, 0.6) is 0 Å². The summed E-state index contributed by atoms with van der Waals surface area (Å²) in [5.74, 6) is -0.758. The second-order valence-corrected chi connectivity index (χ2v) is 4.60. The Kier molecular flexibility index (Phi) is 2.99. The van der Waals surface area contributed by atoms with E-state index < -0.39 is 5.79 Å². The number of ether oxygens (including phenoxy) is 2. The number of benzene rings is 1. The minimum Gasteiger partial charge on any atom is -0.337 e. The van der Waals surface area contributed by atoms with Crippen LogP contribution in [0.3, 0.4) is 0 Å². The van der Waals surface area contributed by atoms with Crippen molar-refractivity contribution in [1.29, 1.82) is 0 Å². The van der Waals surface area contributed by atoms with Crippen molar-refractivity contribution in [3.05, 3.63) is 46.0 Å². The first-order valence-corrected chi connectivity index (χ1v) is 6.08. The molecule has 18 heavy (non-hydrogen) atoms. The molecule has 2 heterocycles. The molecule has 0 unspecified atom stereocenters. The van der Waals surface area contributed by atoms with Gasteiger partial charge in [0.15, 0.2) is 0 Å². The highest BCUT2D eigenvalue weighted by atomic mass is 35.5. The van der Waals surface area contributed by atoms with E-state index in [1.807, 2.05) is 0 Å². The number of aromatic nitrogens is 3. The molecule has 5 nitrogen and oxygen atoms in total. The molecule has 1 fully saturated rings. The maximum atomic E-state index is 6.21. The van der Waals surface area contributed by atoms with Crippen molar-refractivity contribution in [1.82, 2.24) is 15.2 Å². The molecule has 2 aromatic rings. The zero-order valence-corrected chi connectivity index (χ0v) is 10.7. The van der Waals surface area contributed by atoms with Gasteiger partial charge in [0.25, 0.3) is 5.79 Å². The summed E-state index contributed by atoms with van der Waals surface area (Å²) in [5.41, 5.74) is 0.644. The van der Waals surface area contributed by atoms with Gasteiger partial charge in [-0.2, -0.15) is 5.10 Å².